The lowest BCUT2D eigenvalue weighted by Crippen LogP contribution is -2.24. The first kappa shape index (κ1) is 14.7. The average molecular weight is 342 g/mol. The van der Waals surface area contributed by atoms with Crippen molar-refractivity contribution in [1.82, 2.24) is 5.43 Å². The topological polar surface area (TPSA) is 59.6 Å². The van der Waals surface area contributed by atoms with E-state index in [1.807, 2.05) is 0 Å². The molecule has 0 saturated heterocycles. The normalized spacial score (nSPS) is 11.6. The zero-order valence-electron chi connectivity index (χ0n) is 8.66. The highest BCUT2D eigenvalue weighted by molar-refractivity contribution is 9.10. The Morgan fingerprint density at radius 1 is 1.50 bits per heavy atom. The van der Waals surface area contributed by atoms with Crippen LogP contribution in [0.15, 0.2) is 27.8 Å². The molecule has 1 aromatic rings. The molecule has 4 nitrogen and oxygen atoms in total. The second kappa shape index (κ2) is 6.01. The Morgan fingerprint density at radius 2 is 2.17 bits per heavy atom. The van der Waals surface area contributed by atoms with Gasteiger partial charge < -0.3 is 10.5 Å². The third-order valence-electron chi connectivity index (χ3n) is 1.61. The molecule has 0 amide bonds. The summed E-state index contributed by atoms with van der Waals surface area (Å²) in [7, 11) is 0. The molecule has 0 radical (unpaired) electrons. The first-order valence-electron chi connectivity index (χ1n) is 4.42. The van der Waals surface area contributed by atoms with Gasteiger partial charge in [-0.2, -0.15) is 5.10 Å². The molecule has 0 aliphatic heterocycles. The SMILES string of the molecule is NC(=S)NN=Cc1c(Br)cccc1OC(F)(F)F. The smallest absolute Gasteiger partial charge is 0.405 e. The number of thiocarbonyl (C=S) groups is 1. The van der Waals surface area contributed by atoms with Crippen LogP contribution in [0.25, 0.3) is 0 Å². The molecule has 98 valence electrons. The number of hydrogen-bond acceptors (Lipinski definition) is 3. The lowest BCUT2D eigenvalue weighted by molar-refractivity contribution is -0.274. The number of rotatable bonds is 3. The van der Waals surface area contributed by atoms with Crippen molar-refractivity contribution < 1.29 is 17.9 Å². The van der Waals surface area contributed by atoms with Gasteiger partial charge in [0.1, 0.15) is 5.75 Å². The third kappa shape index (κ3) is 4.88. The second-order valence-corrected chi connectivity index (χ2v) is 4.23. The predicted molar refractivity (Wildman–Crippen MR) is 68.3 cm³/mol. The van der Waals surface area contributed by atoms with E-state index in [4.69, 9.17) is 5.73 Å². The van der Waals surface area contributed by atoms with Crippen molar-refractivity contribution in [3.63, 3.8) is 0 Å². The van der Waals surface area contributed by atoms with Crippen LogP contribution in [0.2, 0.25) is 0 Å². The van der Waals surface area contributed by atoms with Crippen LogP contribution in [0.1, 0.15) is 5.56 Å². The number of alkyl halides is 3. The van der Waals surface area contributed by atoms with E-state index >= 15 is 0 Å². The molecule has 0 bridgehead atoms. The van der Waals surface area contributed by atoms with Crippen LogP contribution in [0.5, 0.6) is 5.75 Å². The molecule has 0 heterocycles. The maximum absolute atomic E-state index is 12.2. The zero-order valence-corrected chi connectivity index (χ0v) is 11.1. The molecule has 1 rings (SSSR count). The van der Waals surface area contributed by atoms with Gasteiger partial charge in [-0.1, -0.05) is 6.07 Å². The van der Waals surface area contributed by atoms with Gasteiger partial charge in [0.15, 0.2) is 5.11 Å². The summed E-state index contributed by atoms with van der Waals surface area (Å²) >= 11 is 7.59. The molecular weight excluding hydrogens is 335 g/mol. The molecule has 3 N–H and O–H groups in total. The first-order chi connectivity index (χ1) is 8.29. The van der Waals surface area contributed by atoms with Gasteiger partial charge in [-0.05, 0) is 40.3 Å². The molecule has 1 aromatic carbocycles. The molecule has 0 aliphatic rings. The Labute approximate surface area is 114 Å². The fourth-order valence-electron chi connectivity index (χ4n) is 1.02. The molecule has 18 heavy (non-hydrogen) atoms. The summed E-state index contributed by atoms with van der Waals surface area (Å²) < 4.78 is 40.7. The number of nitrogens with zero attached hydrogens (tertiary/aromatic N) is 1. The van der Waals surface area contributed by atoms with Crippen molar-refractivity contribution in [2.75, 3.05) is 0 Å². The number of hydrogen-bond donors (Lipinski definition) is 2. The lowest BCUT2D eigenvalue weighted by atomic mass is 10.2. The number of nitrogens with two attached hydrogens (primary N) is 1. The van der Waals surface area contributed by atoms with Crippen LogP contribution < -0.4 is 15.9 Å². The summed E-state index contributed by atoms with van der Waals surface area (Å²) in [5.41, 5.74) is 7.46. The Morgan fingerprint density at radius 3 is 2.72 bits per heavy atom. The fourth-order valence-corrected chi connectivity index (χ4v) is 1.52. The summed E-state index contributed by atoms with van der Waals surface area (Å²) in [6.07, 6.45) is -3.66. The van der Waals surface area contributed by atoms with Crippen molar-refractivity contribution >= 4 is 39.5 Å². The molecule has 9 heteroatoms. The molecule has 0 fully saturated rings. The maximum atomic E-state index is 12.2. The van der Waals surface area contributed by atoms with Crippen LogP contribution in [-0.2, 0) is 0 Å². The van der Waals surface area contributed by atoms with E-state index < -0.39 is 6.36 Å². The zero-order chi connectivity index (χ0) is 13.8. The Balaban J connectivity index is 3.01. The van der Waals surface area contributed by atoms with Gasteiger partial charge in [-0.25, -0.2) is 0 Å². The van der Waals surface area contributed by atoms with Gasteiger partial charge in [-0.3, -0.25) is 5.43 Å². The van der Waals surface area contributed by atoms with Crippen LogP contribution in [-0.4, -0.2) is 17.7 Å². The van der Waals surface area contributed by atoms with Crippen molar-refractivity contribution in [2.45, 2.75) is 6.36 Å². The number of nitrogens with one attached hydrogen (secondary N) is 1. The number of hydrazone groups is 1. The summed E-state index contributed by atoms with van der Waals surface area (Å²) in [5, 5.41) is 3.47. The van der Waals surface area contributed by atoms with E-state index in [2.05, 4.69) is 43.4 Å². The van der Waals surface area contributed by atoms with Gasteiger partial charge in [0.05, 0.1) is 11.8 Å². The molecule has 0 aliphatic carbocycles. The van der Waals surface area contributed by atoms with Crippen LogP contribution >= 0.6 is 28.1 Å². The second-order valence-electron chi connectivity index (χ2n) is 2.93. The average Bonchev–Trinajstić information content (AvgIpc) is 2.19. The van der Waals surface area contributed by atoms with E-state index in [1.54, 1.807) is 6.07 Å². The van der Waals surface area contributed by atoms with Gasteiger partial charge in [-0.15, -0.1) is 13.2 Å². The van der Waals surface area contributed by atoms with Crippen LogP contribution in [0.3, 0.4) is 0 Å². The largest absolute Gasteiger partial charge is 0.573 e. The van der Waals surface area contributed by atoms with E-state index in [1.165, 1.54) is 12.1 Å². The van der Waals surface area contributed by atoms with Gasteiger partial charge in [0.25, 0.3) is 0 Å². The van der Waals surface area contributed by atoms with Gasteiger partial charge in [0.2, 0.25) is 0 Å². The minimum absolute atomic E-state index is 0.100. The Bertz CT molecular complexity index is 479. The number of halogens is 4. The Kier molecular flexibility index (Phi) is 4.91. The lowest BCUT2D eigenvalue weighted by Gasteiger charge is -2.11. The predicted octanol–water partition coefficient (Wildman–Crippen LogP) is 2.51. The highest BCUT2D eigenvalue weighted by Crippen LogP contribution is 2.29. The highest BCUT2D eigenvalue weighted by atomic mass is 79.9. The Hall–Kier alpha value is -1.35. The van der Waals surface area contributed by atoms with Crippen LogP contribution in [0, 0.1) is 0 Å². The quantitative estimate of drug-likeness (QED) is 0.504. The van der Waals surface area contributed by atoms with E-state index in [0.717, 1.165) is 6.21 Å². The number of ether oxygens (including phenoxy) is 1. The van der Waals surface area contributed by atoms with Crippen molar-refractivity contribution in [2.24, 2.45) is 10.8 Å². The number of benzene rings is 1. The van der Waals surface area contributed by atoms with E-state index in [-0.39, 0.29) is 16.4 Å². The van der Waals surface area contributed by atoms with Gasteiger partial charge >= 0.3 is 6.36 Å². The highest BCUT2D eigenvalue weighted by Gasteiger charge is 2.32. The fraction of sp³-hybridized carbons (Fsp3) is 0.111. The standard InChI is InChI=1S/C9H7BrF3N3OS/c10-6-2-1-3-7(17-9(11,12)13)5(6)4-15-16-8(14)18/h1-4H,(H3,14,16,18). The molecule has 0 atom stereocenters. The molecule has 0 unspecified atom stereocenters. The minimum Gasteiger partial charge on any atom is -0.405 e. The molecule has 0 saturated carbocycles. The maximum Gasteiger partial charge on any atom is 0.573 e. The van der Waals surface area contributed by atoms with Gasteiger partial charge in [0, 0.05) is 4.47 Å². The molecule has 0 aromatic heterocycles. The van der Waals surface area contributed by atoms with Crippen molar-refractivity contribution in [3.8, 4) is 5.75 Å². The molecule has 0 spiro atoms. The summed E-state index contributed by atoms with van der Waals surface area (Å²) in [6, 6.07) is 4.12. The van der Waals surface area contributed by atoms with E-state index in [0.29, 0.717) is 4.47 Å². The third-order valence-corrected chi connectivity index (χ3v) is 2.39. The van der Waals surface area contributed by atoms with E-state index in [9.17, 15) is 13.2 Å². The summed E-state index contributed by atoms with van der Waals surface area (Å²) in [4.78, 5) is 0. The van der Waals surface area contributed by atoms with Crippen molar-refractivity contribution in [3.05, 3.63) is 28.2 Å². The molecular formula is C9H7BrF3N3OS. The monoisotopic (exact) mass is 341 g/mol. The summed E-state index contributed by atoms with van der Waals surface area (Å²) in [6.45, 7) is 0. The summed E-state index contributed by atoms with van der Waals surface area (Å²) in [5.74, 6) is -0.384. The van der Waals surface area contributed by atoms with Crippen molar-refractivity contribution in [1.29, 1.82) is 0 Å². The van der Waals surface area contributed by atoms with Crippen LogP contribution in [0.4, 0.5) is 13.2 Å². The first-order valence-corrected chi connectivity index (χ1v) is 5.62. The minimum atomic E-state index is -4.78.